The van der Waals surface area contributed by atoms with Crippen molar-refractivity contribution in [2.45, 2.75) is 20.8 Å². The molecule has 0 aliphatic carbocycles. The molecule has 0 radical (unpaired) electrons. The molecule has 0 aliphatic rings. The Morgan fingerprint density at radius 1 is 1.00 bits per heavy atom. The van der Waals surface area contributed by atoms with E-state index in [9.17, 15) is 13.6 Å². The number of nitrogens with one attached hydrogen (secondary N) is 1. The Morgan fingerprint density at radius 3 is 2.20 bits per heavy atom. The summed E-state index contributed by atoms with van der Waals surface area (Å²) in [4.78, 5) is 20.9. The number of carbonyl (C=O) groups is 1. The van der Waals surface area contributed by atoms with E-state index in [1.54, 1.807) is 19.1 Å². The van der Waals surface area contributed by atoms with E-state index in [1.165, 1.54) is 10.7 Å². The number of benzene rings is 1. The van der Waals surface area contributed by atoms with E-state index in [4.69, 9.17) is 0 Å². The number of amides is 1. The van der Waals surface area contributed by atoms with E-state index < -0.39 is 23.1 Å². The zero-order chi connectivity index (χ0) is 18.1. The first kappa shape index (κ1) is 16.7. The summed E-state index contributed by atoms with van der Waals surface area (Å²) in [5, 5.41) is 6.71. The molecular weight excluding hydrogens is 328 g/mol. The van der Waals surface area contributed by atoms with Gasteiger partial charge in [0.25, 0.3) is 11.9 Å². The average molecular weight is 343 g/mol. The summed E-state index contributed by atoms with van der Waals surface area (Å²) in [6.07, 6.45) is 0. The Labute approximate surface area is 142 Å². The summed E-state index contributed by atoms with van der Waals surface area (Å²) < 4.78 is 28.9. The predicted octanol–water partition coefficient (Wildman–Crippen LogP) is 3.12. The van der Waals surface area contributed by atoms with Gasteiger partial charge in [0.15, 0.2) is 0 Å². The molecule has 0 aliphatic heterocycles. The molecule has 0 fully saturated rings. The van der Waals surface area contributed by atoms with Crippen LogP contribution < -0.4 is 5.32 Å². The second-order valence-electron chi connectivity index (χ2n) is 5.58. The Balaban J connectivity index is 2.00. The highest BCUT2D eigenvalue weighted by Gasteiger charge is 2.20. The fourth-order valence-corrected chi connectivity index (χ4v) is 2.44. The van der Waals surface area contributed by atoms with E-state index in [0.29, 0.717) is 5.69 Å². The number of aryl methyl sites for hydroxylation is 3. The molecule has 2 heterocycles. The maximum Gasteiger partial charge on any atom is 0.262 e. The highest BCUT2D eigenvalue weighted by Crippen LogP contribution is 2.18. The second kappa shape index (κ2) is 6.39. The minimum atomic E-state index is -0.942. The molecule has 1 aromatic carbocycles. The Hall–Kier alpha value is -3.16. The highest BCUT2D eigenvalue weighted by molar-refractivity contribution is 6.04. The minimum absolute atomic E-state index is 0.218. The smallest absolute Gasteiger partial charge is 0.262 e. The molecule has 6 nitrogen and oxygen atoms in total. The molecule has 0 spiro atoms. The van der Waals surface area contributed by atoms with Gasteiger partial charge in [-0.2, -0.15) is 9.78 Å². The van der Waals surface area contributed by atoms with E-state index >= 15 is 0 Å². The van der Waals surface area contributed by atoms with Crippen molar-refractivity contribution >= 4 is 11.7 Å². The quantitative estimate of drug-likeness (QED) is 0.793. The van der Waals surface area contributed by atoms with Gasteiger partial charge in [0.1, 0.15) is 23.0 Å². The maximum atomic E-state index is 13.8. The van der Waals surface area contributed by atoms with Crippen LogP contribution in [0.3, 0.4) is 0 Å². The molecule has 0 bridgehead atoms. The molecule has 0 saturated heterocycles. The molecule has 0 saturated carbocycles. The lowest BCUT2D eigenvalue weighted by molar-refractivity contribution is 0.101. The van der Waals surface area contributed by atoms with Crippen molar-refractivity contribution in [3.8, 4) is 5.95 Å². The lowest BCUT2D eigenvalue weighted by Gasteiger charge is -2.09. The third-order valence-electron chi connectivity index (χ3n) is 3.42. The molecule has 1 N–H and O–H groups in total. The Kier molecular flexibility index (Phi) is 4.26. The van der Waals surface area contributed by atoms with Gasteiger partial charge in [-0.1, -0.05) is 6.07 Å². The number of hydrogen-bond acceptors (Lipinski definition) is 4. The minimum Gasteiger partial charge on any atom is -0.306 e. The van der Waals surface area contributed by atoms with Crippen LogP contribution >= 0.6 is 0 Å². The first-order chi connectivity index (χ1) is 11.8. The first-order valence-corrected chi connectivity index (χ1v) is 7.50. The van der Waals surface area contributed by atoms with Gasteiger partial charge in [-0.05, 0) is 39.0 Å². The number of anilines is 1. The number of rotatable bonds is 3. The first-order valence-electron chi connectivity index (χ1n) is 7.50. The lowest BCUT2D eigenvalue weighted by Crippen LogP contribution is -2.19. The topological polar surface area (TPSA) is 72.7 Å². The number of hydrogen-bond donors (Lipinski definition) is 1. The summed E-state index contributed by atoms with van der Waals surface area (Å²) in [6.45, 7) is 5.33. The van der Waals surface area contributed by atoms with Gasteiger partial charge >= 0.3 is 0 Å². The van der Waals surface area contributed by atoms with Crippen LogP contribution in [-0.4, -0.2) is 25.7 Å². The third kappa shape index (κ3) is 3.37. The van der Waals surface area contributed by atoms with Crippen LogP contribution in [0.15, 0.2) is 30.3 Å². The van der Waals surface area contributed by atoms with E-state index in [0.717, 1.165) is 23.5 Å². The molecule has 25 heavy (non-hydrogen) atoms. The van der Waals surface area contributed by atoms with Crippen LogP contribution in [0, 0.1) is 32.4 Å². The summed E-state index contributed by atoms with van der Waals surface area (Å²) >= 11 is 0. The van der Waals surface area contributed by atoms with Gasteiger partial charge in [-0.25, -0.2) is 18.7 Å². The highest BCUT2D eigenvalue weighted by atomic mass is 19.1. The Bertz CT molecular complexity index is 927. The molecule has 128 valence electrons. The third-order valence-corrected chi connectivity index (χ3v) is 3.42. The van der Waals surface area contributed by atoms with Gasteiger partial charge in [-0.15, -0.1) is 0 Å². The Morgan fingerprint density at radius 2 is 1.60 bits per heavy atom. The number of nitrogens with zero attached hydrogens (tertiary/aromatic N) is 4. The number of halogens is 2. The van der Waals surface area contributed by atoms with Crippen LogP contribution in [0.25, 0.3) is 5.95 Å². The molecule has 8 heteroatoms. The largest absolute Gasteiger partial charge is 0.306 e. The second-order valence-corrected chi connectivity index (χ2v) is 5.58. The zero-order valence-electron chi connectivity index (χ0n) is 13.8. The van der Waals surface area contributed by atoms with E-state index in [2.05, 4.69) is 20.4 Å². The average Bonchev–Trinajstić information content (AvgIpc) is 2.86. The van der Waals surface area contributed by atoms with Crippen molar-refractivity contribution in [1.82, 2.24) is 19.7 Å². The normalized spacial score (nSPS) is 10.8. The summed E-state index contributed by atoms with van der Waals surface area (Å²) in [6, 6.07) is 6.60. The van der Waals surface area contributed by atoms with Gasteiger partial charge in [0, 0.05) is 17.5 Å². The van der Waals surface area contributed by atoms with Crippen LogP contribution in [0.5, 0.6) is 0 Å². The van der Waals surface area contributed by atoms with Crippen molar-refractivity contribution in [3.63, 3.8) is 0 Å². The van der Waals surface area contributed by atoms with Crippen LogP contribution in [0.4, 0.5) is 14.6 Å². The van der Waals surface area contributed by atoms with Crippen LogP contribution in [-0.2, 0) is 0 Å². The zero-order valence-corrected chi connectivity index (χ0v) is 13.8. The van der Waals surface area contributed by atoms with Crippen molar-refractivity contribution in [3.05, 3.63) is 64.6 Å². The van der Waals surface area contributed by atoms with Crippen molar-refractivity contribution < 1.29 is 13.6 Å². The van der Waals surface area contributed by atoms with Crippen molar-refractivity contribution in [1.29, 1.82) is 0 Å². The SMILES string of the molecule is Cc1cc(C)nc(-n2nc(C)cc2NC(=O)c2c(F)cccc2F)n1. The number of aromatic nitrogens is 4. The molecule has 1 amide bonds. The van der Waals surface area contributed by atoms with Gasteiger partial charge in [-0.3, -0.25) is 4.79 Å². The monoisotopic (exact) mass is 343 g/mol. The van der Waals surface area contributed by atoms with Crippen LogP contribution in [0.2, 0.25) is 0 Å². The fourth-order valence-electron chi connectivity index (χ4n) is 2.44. The van der Waals surface area contributed by atoms with Crippen molar-refractivity contribution in [2.75, 3.05) is 5.32 Å². The number of carbonyl (C=O) groups excluding carboxylic acids is 1. The molecule has 3 aromatic rings. The summed E-state index contributed by atoms with van der Waals surface area (Å²) in [7, 11) is 0. The van der Waals surface area contributed by atoms with Gasteiger partial charge in [0.05, 0.1) is 5.69 Å². The van der Waals surface area contributed by atoms with Crippen molar-refractivity contribution in [2.24, 2.45) is 0 Å². The van der Waals surface area contributed by atoms with E-state index in [1.807, 2.05) is 13.8 Å². The standard InChI is InChI=1S/C17H15F2N5O/c1-9-7-10(2)21-17(20-9)24-14(8-11(3)23-24)22-16(25)15-12(18)5-4-6-13(15)19/h4-8H,1-3H3,(H,22,25). The fraction of sp³-hybridized carbons (Fsp3) is 0.176. The van der Waals surface area contributed by atoms with Gasteiger partial charge < -0.3 is 5.32 Å². The molecular formula is C17H15F2N5O. The molecule has 0 unspecified atom stereocenters. The van der Waals surface area contributed by atoms with Gasteiger partial charge in [0.2, 0.25) is 0 Å². The summed E-state index contributed by atoms with van der Waals surface area (Å²) in [5.74, 6) is -2.32. The molecule has 3 rings (SSSR count). The molecule has 2 aromatic heterocycles. The van der Waals surface area contributed by atoms with E-state index in [-0.39, 0.29) is 11.8 Å². The summed E-state index contributed by atoms with van der Waals surface area (Å²) in [5.41, 5.74) is 1.39. The van der Waals surface area contributed by atoms with Crippen LogP contribution in [0.1, 0.15) is 27.4 Å². The molecule has 0 atom stereocenters. The maximum absolute atomic E-state index is 13.8. The predicted molar refractivity (Wildman–Crippen MR) is 87.7 cm³/mol. The lowest BCUT2D eigenvalue weighted by atomic mass is 10.2.